The van der Waals surface area contributed by atoms with Gasteiger partial charge < -0.3 is 17.6 Å². The highest BCUT2D eigenvalue weighted by atomic mass is 32.1. The number of aryl methyl sites for hydroxylation is 1. The molecule has 1 heterocycles. The fourth-order valence-electron chi connectivity index (χ4n) is 2.64. The number of Topliss-reactive ketones (excluding diaryl/α,β-unsaturated/α-hetero) is 1. The van der Waals surface area contributed by atoms with E-state index in [0.29, 0.717) is 6.54 Å². The molecule has 0 N–H and O–H groups in total. The summed E-state index contributed by atoms with van der Waals surface area (Å²) in [6, 6.07) is 8.78. The summed E-state index contributed by atoms with van der Waals surface area (Å²) in [5.41, 5.74) is 1.28. The third-order valence-electron chi connectivity index (χ3n) is 3.90. The molecule has 1 atom stereocenters. The van der Waals surface area contributed by atoms with Gasteiger partial charge in [0.1, 0.15) is 0 Å². The van der Waals surface area contributed by atoms with Crippen molar-refractivity contribution in [3.05, 3.63) is 70.0 Å². The summed E-state index contributed by atoms with van der Waals surface area (Å²) in [5, 5.41) is 11.3. The average molecular weight is 371 g/mol. The molecule has 0 unspecified atom stereocenters. The summed E-state index contributed by atoms with van der Waals surface area (Å²) in [7, 11) is 0. The number of nitrogens with zero attached hydrogens (tertiary/aromatic N) is 3. The van der Waals surface area contributed by atoms with Crippen LogP contribution in [0.25, 0.3) is 0 Å². The maximum atomic E-state index is 13.1. The summed E-state index contributed by atoms with van der Waals surface area (Å²) in [4.78, 5) is 27.8. The van der Waals surface area contributed by atoms with Crippen molar-refractivity contribution in [3.63, 3.8) is 0 Å². The van der Waals surface area contributed by atoms with Crippen LogP contribution in [-0.4, -0.2) is 22.3 Å². The Hall–Kier alpha value is -2.67. The third-order valence-corrected chi connectivity index (χ3v) is 4.25. The first-order valence-electron chi connectivity index (χ1n) is 8.47. The Morgan fingerprint density at radius 3 is 2.54 bits per heavy atom. The van der Waals surface area contributed by atoms with E-state index in [-0.39, 0.29) is 22.1 Å². The molecule has 2 aromatic rings. The van der Waals surface area contributed by atoms with Gasteiger partial charge in [-0.25, -0.2) is 0 Å². The van der Waals surface area contributed by atoms with E-state index in [9.17, 15) is 14.9 Å². The maximum absolute atomic E-state index is 13.1. The number of hydrogen-bond acceptors (Lipinski definition) is 5. The van der Waals surface area contributed by atoms with Crippen molar-refractivity contribution in [2.24, 2.45) is 4.99 Å². The molecule has 26 heavy (non-hydrogen) atoms. The minimum Gasteiger partial charge on any atom is -0.758 e. The van der Waals surface area contributed by atoms with Crippen LogP contribution < -0.4 is 4.57 Å². The standard InChI is InChI=1S/C19H21N3O3S/c1-3-6-14-9-11-21(12-10-14)17(19(26)20-4-2)18(23)15-7-5-8-16(13-15)22(24)25/h5,7-13,17H,3-4,6H2,1-2H3/t17-/m0/s1. The molecular weight excluding hydrogens is 350 g/mol. The molecule has 0 aliphatic carbocycles. The molecule has 1 aromatic heterocycles. The molecule has 0 fully saturated rings. The van der Waals surface area contributed by atoms with E-state index in [1.165, 1.54) is 23.8 Å². The minimum atomic E-state index is -0.803. The van der Waals surface area contributed by atoms with E-state index >= 15 is 0 Å². The number of aliphatic imine (C=N–C) groups is 1. The van der Waals surface area contributed by atoms with Gasteiger partial charge in [-0.15, -0.1) is 0 Å². The zero-order valence-electron chi connectivity index (χ0n) is 14.8. The Bertz CT molecular complexity index is 819. The number of carbonyl (C=O) groups is 1. The van der Waals surface area contributed by atoms with Crippen LogP contribution >= 0.6 is 0 Å². The third kappa shape index (κ3) is 4.70. The number of hydrogen-bond donors (Lipinski definition) is 0. The predicted molar refractivity (Wildman–Crippen MR) is 102 cm³/mol. The molecule has 1 aromatic carbocycles. The fraction of sp³-hybridized carbons (Fsp3) is 0.316. The molecule has 6 nitrogen and oxygen atoms in total. The van der Waals surface area contributed by atoms with Crippen molar-refractivity contribution < 1.29 is 14.3 Å². The maximum Gasteiger partial charge on any atom is 0.270 e. The van der Waals surface area contributed by atoms with Crippen LogP contribution in [-0.2, 0) is 19.0 Å². The second kappa shape index (κ2) is 9.15. The molecule has 0 spiro atoms. The zero-order valence-corrected chi connectivity index (χ0v) is 15.6. The second-order valence-corrected chi connectivity index (χ2v) is 6.21. The van der Waals surface area contributed by atoms with Crippen LogP contribution in [0.3, 0.4) is 0 Å². The Morgan fingerprint density at radius 2 is 1.96 bits per heavy atom. The number of non-ortho nitro benzene ring substituents is 1. The van der Waals surface area contributed by atoms with E-state index in [0.717, 1.165) is 12.8 Å². The van der Waals surface area contributed by atoms with Crippen LogP contribution in [0.15, 0.2) is 53.8 Å². The molecule has 136 valence electrons. The Balaban J connectivity index is 2.44. The Labute approximate surface area is 158 Å². The van der Waals surface area contributed by atoms with Gasteiger partial charge in [0.15, 0.2) is 12.4 Å². The van der Waals surface area contributed by atoms with Gasteiger partial charge in [0.2, 0.25) is 11.8 Å². The molecule has 0 amide bonds. The monoisotopic (exact) mass is 371 g/mol. The van der Waals surface area contributed by atoms with E-state index in [1.54, 1.807) is 10.6 Å². The number of benzene rings is 1. The lowest BCUT2D eigenvalue weighted by atomic mass is 10.0. The van der Waals surface area contributed by atoms with Gasteiger partial charge in [0.25, 0.3) is 5.69 Å². The number of pyridine rings is 1. The van der Waals surface area contributed by atoms with Gasteiger partial charge in [0, 0.05) is 36.4 Å². The first-order valence-corrected chi connectivity index (χ1v) is 8.88. The highest BCUT2D eigenvalue weighted by Crippen LogP contribution is 2.18. The van der Waals surface area contributed by atoms with Crippen LogP contribution in [0.1, 0.15) is 42.2 Å². The molecule has 0 radical (unpaired) electrons. The highest BCUT2D eigenvalue weighted by Gasteiger charge is 2.29. The van der Waals surface area contributed by atoms with Gasteiger partial charge in [-0.1, -0.05) is 25.5 Å². The average Bonchev–Trinajstić information content (AvgIpc) is 2.64. The number of carbonyl (C=O) groups excluding carboxylic acids is 1. The Morgan fingerprint density at radius 1 is 1.27 bits per heavy atom. The lowest BCUT2D eigenvalue weighted by Gasteiger charge is -2.18. The van der Waals surface area contributed by atoms with Crippen LogP contribution in [0.4, 0.5) is 5.69 Å². The summed E-state index contributed by atoms with van der Waals surface area (Å²) in [6.45, 7) is 4.41. The Kier molecular flexibility index (Phi) is 6.91. The number of aromatic nitrogens is 1. The van der Waals surface area contributed by atoms with Gasteiger partial charge in [0.05, 0.1) is 4.92 Å². The van der Waals surface area contributed by atoms with E-state index < -0.39 is 11.0 Å². The molecule has 0 bridgehead atoms. The first kappa shape index (κ1) is 19.7. The van der Waals surface area contributed by atoms with E-state index in [2.05, 4.69) is 11.9 Å². The summed E-state index contributed by atoms with van der Waals surface area (Å²) in [5.74, 6) is -0.316. The van der Waals surface area contributed by atoms with Gasteiger partial charge >= 0.3 is 0 Å². The van der Waals surface area contributed by atoms with Crippen molar-refractivity contribution in [2.45, 2.75) is 32.7 Å². The van der Waals surface area contributed by atoms with Crippen LogP contribution in [0.5, 0.6) is 0 Å². The molecule has 0 saturated carbocycles. The summed E-state index contributed by atoms with van der Waals surface area (Å²) in [6.07, 6.45) is 5.60. The molecule has 0 aliphatic heterocycles. The lowest BCUT2D eigenvalue weighted by Crippen LogP contribution is -2.47. The van der Waals surface area contributed by atoms with Gasteiger partial charge in [-0.3, -0.25) is 14.9 Å². The van der Waals surface area contributed by atoms with Crippen molar-refractivity contribution in [1.82, 2.24) is 0 Å². The van der Waals surface area contributed by atoms with E-state index in [1.807, 2.05) is 31.5 Å². The van der Waals surface area contributed by atoms with Crippen molar-refractivity contribution in [2.75, 3.05) is 6.54 Å². The molecule has 2 rings (SSSR count). The highest BCUT2D eigenvalue weighted by molar-refractivity contribution is 7.77. The topological polar surface area (TPSA) is 76.5 Å². The van der Waals surface area contributed by atoms with Crippen molar-refractivity contribution in [1.29, 1.82) is 0 Å². The summed E-state index contributed by atoms with van der Waals surface area (Å²) < 4.78 is 1.71. The van der Waals surface area contributed by atoms with Crippen LogP contribution in [0, 0.1) is 10.1 Å². The lowest BCUT2D eigenvalue weighted by molar-refractivity contribution is -0.692. The number of nitro benzene ring substituents is 1. The molecule has 7 heteroatoms. The fourth-order valence-corrected chi connectivity index (χ4v) is 3.00. The van der Waals surface area contributed by atoms with Gasteiger partial charge in [-0.2, -0.15) is 4.57 Å². The molecular formula is C19H21N3O3S. The predicted octanol–water partition coefficient (Wildman–Crippen LogP) is 3.22. The number of rotatable bonds is 8. The molecule has 0 aliphatic rings. The zero-order chi connectivity index (χ0) is 19.1. The quantitative estimate of drug-likeness (QED) is 0.136. The molecule has 0 saturated heterocycles. The second-order valence-electron chi connectivity index (χ2n) is 5.79. The SMILES string of the molecule is CCCc1cc[n+]([C@@H](C(=O)c2cccc([N+](=O)[O-])c2)C([S-])=NCC)cc1. The van der Waals surface area contributed by atoms with E-state index in [4.69, 9.17) is 12.6 Å². The number of nitro groups is 1. The smallest absolute Gasteiger partial charge is 0.270 e. The normalized spacial score (nSPS) is 12.6. The van der Waals surface area contributed by atoms with Crippen LogP contribution in [0.2, 0.25) is 0 Å². The number of ketones is 1. The largest absolute Gasteiger partial charge is 0.758 e. The minimum absolute atomic E-state index is 0.128. The van der Waals surface area contributed by atoms with Gasteiger partial charge in [-0.05, 0) is 24.0 Å². The first-order chi connectivity index (χ1) is 12.5. The van der Waals surface area contributed by atoms with Crippen molar-refractivity contribution in [3.8, 4) is 0 Å². The summed E-state index contributed by atoms with van der Waals surface area (Å²) >= 11 is 5.36. The van der Waals surface area contributed by atoms with Crippen molar-refractivity contribution >= 4 is 29.1 Å².